The van der Waals surface area contributed by atoms with Crippen molar-refractivity contribution in [2.45, 2.75) is 61.9 Å². The van der Waals surface area contributed by atoms with E-state index in [4.69, 9.17) is 0 Å². The standard InChI is InChI=1S/C21H25.C17H13.C13H10.Zr/c1-20(2,3)16-7-9-18-14(12-16)11-15-13-17(21(4,5)6)8-10-19(15)18;1-3-7-14(8-4-1)16-11-12-17(13-16)15-9-5-2-6-10-15;1-3-7-12(8-4-1)11-13-9-5-2-6-10-13;/h7-13H,1-6H3;1-12,16H;1-10H;. The van der Waals surface area contributed by atoms with Crippen molar-refractivity contribution in [2.75, 3.05) is 0 Å². The van der Waals surface area contributed by atoms with Gasteiger partial charge in [-0.2, -0.15) is 0 Å². The Bertz CT molecular complexity index is 2220. The summed E-state index contributed by atoms with van der Waals surface area (Å²) in [4.78, 5) is 0. The second-order valence-electron chi connectivity index (χ2n) is 16.5. The fraction of sp³-hybridized carbons (Fsp3) is 0.196. The third kappa shape index (κ3) is 6.43. The molecule has 8 rings (SSSR count). The van der Waals surface area contributed by atoms with Crippen molar-refractivity contribution in [3.63, 3.8) is 0 Å². The second kappa shape index (κ2) is 13.8. The van der Waals surface area contributed by atoms with Gasteiger partial charge in [0.25, 0.3) is 0 Å². The Kier molecular flexibility index (Phi) is 9.21. The zero-order chi connectivity index (χ0) is 36.0. The molecule has 6 aromatic rings. The van der Waals surface area contributed by atoms with Crippen molar-refractivity contribution in [2.24, 2.45) is 0 Å². The number of rotatable bonds is 6. The molecule has 0 saturated carbocycles. The Morgan fingerprint density at radius 1 is 0.500 bits per heavy atom. The van der Waals surface area contributed by atoms with Gasteiger partial charge in [-0.05, 0) is 0 Å². The van der Waals surface area contributed by atoms with Crippen LogP contribution in [0.15, 0.2) is 173 Å². The molecule has 1 unspecified atom stereocenters. The molecule has 2 aliphatic carbocycles. The summed E-state index contributed by atoms with van der Waals surface area (Å²) in [6.07, 6.45) is 4.97. The Morgan fingerprint density at radius 3 is 1.40 bits per heavy atom. The molecular formula is C51H48Zr. The Morgan fingerprint density at radius 2 is 0.942 bits per heavy atom. The van der Waals surface area contributed by atoms with Crippen LogP contribution in [0.5, 0.6) is 0 Å². The average molecular weight is 752 g/mol. The third-order valence-electron chi connectivity index (χ3n) is 11.0. The molecule has 0 spiro atoms. The first-order chi connectivity index (χ1) is 25.1. The van der Waals surface area contributed by atoms with Crippen molar-refractivity contribution >= 4 is 8.78 Å². The van der Waals surface area contributed by atoms with Gasteiger partial charge >= 0.3 is 321 Å². The van der Waals surface area contributed by atoms with Gasteiger partial charge < -0.3 is 0 Å². The number of benzene rings is 6. The topological polar surface area (TPSA) is 0 Å². The van der Waals surface area contributed by atoms with Crippen LogP contribution in [-0.2, 0) is 32.1 Å². The first-order valence-corrected chi connectivity index (χ1v) is 22.6. The predicted octanol–water partition coefficient (Wildman–Crippen LogP) is 13.0. The summed E-state index contributed by atoms with van der Waals surface area (Å²) in [7, 11) is 0. The van der Waals surface area contributed by atoms with Crippen LogP contribution in [0.3, 0.4) is 0 Å². The molecule has 0 fully saturated rings. The average Bonchev–Trinajstić information content (AvgIpc) is 3.74. The molecule has 2 aliphatic rings. The molecule has 256 valence electrons. The second-order valence-corrected chi connectivity index (χ2v) is 22.5. The zero-order valence-corrected chi connectivity index (χ0v) is 33.8. The monoisotopic (exact) mass is 750 g/mol. The van der Waals surface area contributed by atoms with E-state index in [0.29, 0.717) is 0 Å². The van der Waals surface area contributed by atoms with E-state index in [1.807, 2.05) is 0 Å². The van der Waals surface area contributed by atoms with Crippen LogP contribution >= 0.6 is 0 Å². The number of hydrogen-bond acceptors (Lipinski definition) is 0. The molecule has 0 N–H and O–H groups in total. The van der Waals surface area contributed by atoms with Gasteiger partial charge in [0, 0.05) is 0 Å². The first kappa shape index (κ1) is 34.6. The van der Waals surface area contributed by atoms with Crippen molar-refractivity contribution in [3.05, 3.63) is 218 Å². The molecule has 52 heavy (non-hydrogen) atoms. The van der Waals surface area contributed by atoms with Gasteiger partial charge in [0.2, 0.25) is 0 Å². The van der Waals surface area contributed by atoms with Gasteiger partial charge in [0.15, 0.2) is 0 Å². The summed E-state index contributed by atoms with van der Waals surface area (Å²) in [6.45, 7) is 14.1. The summed E-state index contributed by atoms with van der Waals surface area (Å²) >= 11 is -3.20. The van der Waals surface area contributed by atoms with Gasteiger partial charge in [-0.25, -0.2) is 0 Å². The molecule has 0 nitrogen and oxygen atoms in total. The summed E-state index contributed by atoms with van der Waals surface area (Å²) < 4.78 is 3.52. The van der Waals surface area contributed by atoms with E-state index in [1.54, 1.807) is 6.49 Å². The van der Waals surface area contributed by atoms with Crippen molar-refractivity contribution in [3.8, 4) is 11.1 Å². The minimum atomic E-state index is -3.20. The summed E-state index contributed by atoms with van der Waals surface area (Å²) in [5.41, 5.74) is 15.6. The molecule has 0 amide bonds. The van der Waals surface area contributed by atoms with Crippen LogP contribution in [0.1, 0.15) is 95.6 Å². The van der Waals surface area contributed by atoms with E-state index >= 15 is 0 Å². The van der Waals surface area contributed by atoms with Crippen LogP contribution in [0, 0.1) is 0 Å². The molecule has 0 radical (unpaired) electrons. The number of allylic oxidation sites excluding steroid dienone is 4. The van der Waals surface area contributed by atoms with Gasteiger partial charge in [-0.15, -0.1) is 0 Å². The molecule has 1 heteroatoms. The fourth-order valence-corrected chi connectivity index (χ4v) is 18.2. The fourth-order valence-electron chi connectivity index (χ4n) is 8.29. The van der Waals surface area contributed by atoms with Crippen molar-refractivity contribution in [1.82, 2.24) is 0 Å². The molecule has 0 heterocycles. The van der Waals surface area contributed by atoms with Crippen LogP contribution in [-0.4, -0.2) is 3.21 Å². The predicted molar refractivity (Wildman–Crippen MR) is 219 cm³/mol. The first-order valence-electron chi connectivity index (χ1n) is 18.8. The van der Waals surface area contributed by atoms with Crippen LogP contribution in [0.4, 0.5) is 0 Å². The van der Waals surface area contributed by atoms with Gasteiger partial charge in [0.1, 0.15) is 0 Å². The zero-order valence-electron chi connectivity index (χ0n) is 31.3. The minimum absolute atomic E-state index is 0.0375. The van der Waals surface area contributed by atoms with E-state index < -0.39 is 21.3 Å². The molecule has 0 aromatic heterocycles. The summed E-state index contributed by atoms with van der Waals surface area (Å²) in [5.74, 6) is 0.206. The Hall–Kier alpha value is -4.45. The SMILES string of the molecule is CC(C)(C)c1ccc2c(c1)[CH]([Zr]([C]1=C(c3ccccc3)C=CC1c1ccccc1)=[C](c1ccccc1)c1ccccc1)c1cc(C(C)(C)C)ccc1-2. The van der Waals surface area contributed by atoms with Crippen LogP contribution in [0.2, 0.25) is 0 Å². The van der Waals surface area contributed by atoms with E-state index in [9.17, 15) is 0 Å². The number of fused-ring (bicyclic) bond motifs is 3. The molecule has 1 atom stereocenters. The van der Waals surface area contributed by atoms with E-state index in [0.717, 1.165) is 0 Å². The van der Waals surface area contributed by atoms with Crippen molar-refractivity contribution < 1.29 is 21.3 Å². The quantitative estimate of drug-likeness (QED) is 0.159. The molecule has 0 aliphatic heterocycles. The number of hydrogen-bond donors (Lipinski definition) is 0. The molecule has 0 bridgehead atoms. The van der Waals surface area contributed by atoms with Crippen LogP contribution in [0.25, 0.3) is 16.7 Å². The normalized spacial score (nSPS) is 15.5. The third-order valence-corrected chi connectivity index (χ3v) is 19.6. The van der Waals surface area contributed by atoms with E-state index in [1.165, 1.54) is 61.2 Å². The molecule has 6 aromatic carbocycles. The van der Waals surface area contributed by atoms with E-state index in [2.05, 4.69) is 211 Å². The maximum atomic E-state index is 2.60. The summed E-state index contributed by atoms with van der Waals surface area (Å²) in [5, 5.41) is 0. The van der Waals surface area contributed by atoms with Crippen LogP contribution < -0.4 is 0 Å². The van der Waals surface area contributed by atoms with Gasteiger partial charge in [-0.3, -0.25) is 0 Å². The molecule has 0 saturated heterocycles. The Balaban J connectivity index is 1.57. The van der Waals surface area contributed by atoms with Gasteiger partial charge in [0.05, 0.1) is 0 Å². The van der Waals surface area contributed by atoms with Gasteiger partial charge in [-0.1, -0.05) is 0 Å². The Labute approximate surface area is 318 Å². The maximum absolute atomic E-state index is 3.20. The van der Waals surface area contributed by atoms with Crippen molar-refractivity contribution in [1.29, 1.82) is 0 Å². The summed E-state index contributed by atoms with van der Waals surface area (Å²) in [6, 6.07) is 60.2. The van der Waals surface area contributed by atoms with E-state index in [-0.39, 0.29) is 20.4 Å². The molecular weight excluding hydrogens is 704 g/mol.